The van der Waals surface area contributed by atoms with Crippen LogP contribution in [-0.2, 0) is 0 Å². The van der Waals surface area contributed by atoms with Crippen molar-refractivity contribution < 1.29 is 0 Å². The number of hydrogen-bond acceptors (Lipinski definition) is 0. The van der Waals surface area contributed by atoms with Crippen molar-refractivity contribution in [3.8, 4) is 44.5 Å². The molecule has 0 spiro atoms. The highest BCUT2D eigenvalue weighted by Gasteiger charge is 2.20. The van der Waals surface area contributed by atoms with Crippen LogP contribution in [0.15, 0.2) is 194 Å². The summed E-state index contributed by atoms with van der Waals surface area (Å²) in [4.78, 5) is 0. The Kier molecular flexibility index (Phi) is 6.60. The molecule has 0 heterocycles. The third-order valence-corrected chi connectivity index (χ3v) is 10.5. The van der Waals surface area contributed by atoms with Gasteiger partial charge in [-0.3, -0.25) is 0 Å². The molecule has 50 heavy (non-hydrogen) atoms. The predicted octanol–water partition coefficient (Wildman–Crippen LogP) is 14.1. The first-order valence-electron chi connectivity index (χ1n) is 17.4. The van der Waals surface area contributed by atoms with Crippen molar-refractivity contribution in [2.24, 2.45) is 0 Å². The van der Waals surface area contributed by atoms with Crippen LogP contribution >= 0.6 is 0 Å². The molecule has 0 aromatic heterocycles. The highest BCUT2D eigenvalue weighted by molar-refractivity contribution is 6.26. The maximum atomic E-state index is 2.35. The molecule has 0 amide bonds. The van der Waals surface area contributed by atoms with Gasteiger partial charge in [-0.25, -0.2) is 0 Å². The molecule has 0 nitrogen and oxygen atoms in total. The SMILES string of the molecule is c1ccc(-c2ccc(-c3c4ccccc4c(-c4ccc(-c5ccc6ccccc6c5)c5ccccc45)c4ccccc34)c3ccccc23)cc1. The zero-order valence-corrected chi connectivity index (χ0v) is 27.5. The number of benzene rings is 10. The van der Waals surface area contributed by atoms with Gasteiger partial charge in [0.1, 0.15) is 0 Å². The molecule has 232 valence electrons. The van der Waals surface area contributed by atoms with Gasteiger partial charge in [-0.2, -0.15) is 0 Å². The second-order valence-electron chi connectivity index (χ2n) is 13.2. The maximum Gasteiger partial charge on any atom is -0.00201 e. The number of rotatable bonds is 4. The normalized spacial score (nSPS) is 11.6. The molecule has 10 aromatic rings. The molecule has 0 heteroatoms. The fraction of sp³-hybridized carbons (Fsp3) is 0. The second kappa shape index (κ2) is 11.6. The average Bonchev–Trinajstić information content (AvgIpc) is 3.19. The molecule has 0 aliphatic heterocycles. The van der Waals surface area contributed by atoms with Gasteiger partial charge in [-0.05, 0) is 104 Å². The van der Waals surface area contributed by atoms with E-state index in [0.717, 1.165) is 0 Å². The first-order valence-corrected chi connectivity index (χ1v) is 17.4. The lowest BCUT2D eigenvalue weighted by atomic mass is 9.82. The summed E-state index contributed by atoms with van der Waals surface area (Å²) in [7, 11) is 0. The molecule has 0 saturated carbocycles. The van der Waals surface area contributed by atoms with Gasteiger partial charge in [0.25, 0.3) is 0 Å². The summed E-state index contributed by atoms with van der Waals surface area (Å²) in [5.74, 6) is 0. The van der Waals surface area contributed by atoms with E-state index in [-0.39, 0.29) is 0 Å². The van der Waals surface area contributed by atoms with Crippen molar-refractivity contribution in [3.63, 3.8) is 0 Å². The Morgan fingerprint density at radius 3 is 1.06 bits per heavy atom. The molecular formula is C50H32. The first kappa shape index (κ1) is 28.5. The summed E-state index contributed by atoms with van der Waals surface area (Å²) < 4.78 is 0. The van der Waals surface area contributed by atoms with Crippen LogP contribution in [-0.4, -0.2) is 0 Å². The minimum atomic E-state index is 1.24. The van der Waals surface area contributed by atoms with Crippen LogP contribution in [0.4, 0.5) is 0 Å². The number of fused-ring (bicyclic) bond motifs is 5. The fourth-order valence-corrected chi connectivity index (χ4v) is 8.22. The van der Waals surface area contributed by atoms with Gasteiger partial charge in [0.15, 0.2) is 0 Å². The summed E-state index contributed by atoms with van der Waals surface area (Å²) in [5.41, 5.74) is 10.1. The maximum absolute atomic E-state index is 2.35. The molecule has 0 bridgehead atoms. The Morgan fingerprint density at radius 1 is 0.200 bits per heavy atom. The van der Waals surface area contributed by atoms with Crippen molar-refractivity contribution in [1.29, 1.82) is 0 Å². The van der Waals surface area contributed by atoms with E-state index in [9.17, 15) is 0 Å². The Hall–Kier alpha value is -6.50. The Bertz CT molecular complexity index is 2860. The van der Waals surface area contributed by atoms with Gasteiger partial charge in [0, 0.05) is 0 Å². The third kappa shape index (κ3) is 4.46. The third-order valence-electron chi connectivity index (χ3n) is 10.5. The summed E-state index contributed by atoms with van der Waals surface area (Å²) in [6.45, 7) is 0. The van der Waals surface area contributed by atoms with Crippen molar-refractivity contribution >= 4 is 53.9 Å². The minimum Gasteiger partial charge on any atom is -0.0622 e. The van der Waals surface area contributed by atoms with Gasteiger partial charge < -0.3 is 0 Å². The average molecular weight is 633 g/mol. The lowest BCUT2D eigenvalue weighted by molar-refractivity contribution is 1.64. The van der Waals surface area contributed by atoms with Crippen molar-refractivity contribution in [1.82, 2.24) is 0 Å². The Morgan fingerprint density at radius 2 is 0.560 bits per heavy atom. The molecule has 0 aliphatic rings. The highest BCUT2D eigenvalue weighted by atomic mass is 14.2. The first-order chi connectivity index (χ1) is 24.8. The number of hydrogen-bond donors (Lipinski definition) is 0. The van der Waals surface area contributed by atoms with E-state index in [4.69, 9.17) is 0 Å². The van der Waals surface area contributed by atoms with E-state index in [2.05, 4.69) is 194 Å². The standard InChI is InChI=1S/C50H32/c1-2-15-34(16-3-1)37-28-30-47(41-20-8-6-18-39(37)41)49-43-22-10-12-24-45(43)50(46-25-13-11-23-44(46)49)48-31-29-38(40-19-7-9-21-42(40)48)36-27-26-33-14-4-5-17-35(33)32-36/h1-32H. The lowest BCUT2D eigenvalue weighted by Gasteiger charge is -2.21. The van der Waals surface area contributed by atoms with Crippen LogP contribution in [0.5, 0.6) is 0 Å². The van der Waals surface area contributed by atoms with Crippen molar-refractivity contribution in [2.75, 3.05) is 0 Å². The fourth-order valence-electron chi connectivity index (χ4n) is 8.22. The van der Waals surface area contributed by atoms with Crippen molar-refractivity contribution in [3.05, 3.63) is 194 Å². The Labute approximate surface area is 291 Å². The van der Waals surface area contributed by atoms with Gasteiger partial charge in [-0.1, -0.05) is 188 Å². The van der Waals surface area contributed by atoms with Gasteiger partial charge in [-0.15, -0.1) is 0 Å². The summed E-state index contributed by atoms with van der Waals surface area (Å²) in [5, 5.41) is 12.6. The Balaban J connectivity index is 1.26. The van der Waals surface area contributed by atoms with E-state index >= 15 is 0 Å². The molecule has 10 rings (SSSR count). The molecule has 0 aliphatic carbocycles. The van der Waals surface area contributed by atoms with E-state index in [1.807, 2.05) is 0 Å². The van der Waals surface area contributed by atoms with Crippen LogP contribution in [0.25, 0.3) is 98.4 Å². The van der Waals surface area contributed by atoms with Gasteiger partial charge in [0.05, 0.1) is 0 Å². The van der Waals surface area contributed by atoms with Gasteiger partial charge >= 0.3 is 0 Å². The van der Waals surface area contributed by atoms with E-state index in [1.54, 1.807) is 0 Å². The molecule has 0 atom stereocenters. The van der Waals surface area contributed by atoms with E-state index < -0.39 is 0 Å². The van der Waals surface area contributed by atoms with E-state index in [1.165, 1.54) is 98.4 Å². The quantitative estimate of drug-likeness (QED) is 0.169. The molecular weight excluding hydrogens is 601 g/mol. The molecule has 0 saturated heterocycles. The van der Waals surface area contributed by atoms with Crippen LogP contribution in [0.2, 0.25) is 0 Å². The highest BCUT2D eigenvalue weighted by Crippen LogP contribution is 2.48. The smallest absolute Gasteiger partial charge is 0.00201 e. The van der Waals surface area contributed by atoms with Crippen LogP contribution in [0.3, 0.4) is 0 Å². The zero-order valence-electron chi connectivity index (χ0n) is 27.5. The summed E-state index contributed by atoms with van der Waals surface area (Å²) in [6.07, 6.45) is 0. The lowest BCUT2D eigenvalue weighted by Crippen LogP contribution is -1.93. The topological polar surface area (TPSA) is 0 Å². The molecule has 10 aromatic carbocycles. The van der Waals surface area contributed by atoms with Crippen LogP contribution in [0, 0.1) is 0 Å². The second-order valence-corrected chi connectivity index (χ2v) is 13.2. The largest absolute Gasteiger partial charge is 0.0622 e. The predicted molar refractivity (Wildman–Crippen MR) is 216 cm³/mol. The molecule has 0 N–H and O–H groups in total. The zero-order chi connectivity index (χ0) is 33.0. The summed E-state index contributed by atoms with van der Waals surface area (Å²) >= 11 is 0. The van der Waals surface area contributed by atoms with E-state index in [0.29, 0.717) is 0 Å². The summed E-state index contributed by atoms with van der Waals surface area (Å²) in [6, 6.07) is 71.3. The molecule has 0 fully saturated rings. The molecule has 0 unspecified atom stereocenters. The molecule has 0 radical (unpaired) electrons. The van der Waals surface area contributed by atoms with Crippen LogP contribution in [0.1, 0.15) is 0 Å². The van der Waals surface area contributed by atoms with Crippen LogP contribution < -0.4 is 0 Å². The monoisotopic (exact) mass is 632 g/mol. The van der Waals surface area contributed by atoms with Crippen molar-refractivity contribution in [2.45, 2.75) is 0 Å². The van der Waals surface area contributed by atoms with Gasteiger partial charge in [0.2, 0.25) is 0 Å². The minimum absolute atomic E-state index is 1.24.